The molecule has 0 aromatic heterocycles. The van der Waals surface area contributed by atoms with Crippen molar-refractivity contribution in [1.29, 1.82) is 0 Å². The molecule has 3 rings (SSSR count). The van der Waals surface area contributed by atoms with Crippen LogP contribution in [-0.4, -0.2) is 51.4 Å². The average Bonchev–Trinajstić information content (AvgIpc) is 2.78. The molecular weight excluding hydrogens is 418 g/mol. The predicted molar refractivity (Wildman–Crippen MR) is 117 cm³/mol. The minimum atomic E-state index is -3.86. The number of nitrogens with zero attached hydrogens (tertiary/aromatic N) is 1. The maximum absolute atomic E-state index is 12.6. The summed E-state index contributed by atoms with van der Waals surface area (Å²) < 4.78 is 33.2. The Hall–Kier alpha value is -2.75. The van der Waals surface area contributed by atoms with E-state index in [1.807, 2.05) is 30.3 Å². The molecule has 2 aromatic rings. The van der Waals surface area contributed by atoms with Gasteiger partial charge in [-0.3, -0.25) is 9.59 Å². The first kappa shape index (κ1) is 22.9. The SMILES string of the molecule is CC(C)C(=O)Nc1ccc(S(=O)(=O)NCC(=O)N2CCO[C@H](c3ccccc3)C2)cc1. The molecule has 0 aliphatic carbocycles. The number of hydrogen-bond acceptors (Lipinski definition) is 5. The van der Waals surface area contributed by atoms with E-state index in [1.54, 1.807) is 18.7 Å². The molecule has 0 radical (unpaired) electrons. The summed E-state index contributed by atoms with van der Waals surface area (Å²) in [5.74, 6) is -0.648. The molecule has 0 spiro atoms. The summed E-state index contributed by atoms with van der Waals surface area (Å²) in [5.41, 5.74) is 1.49. The number of morpholine rings is 1. The van der Waals surface area contributed by atoms with Crippen LogP contribution in [0.2, 0.25) is 0 Å². The highest BCUT2D eigenvalue weighted by Gasteiger charge is 2.26. The fourth-order valence-corrected chi connectivity index (χ4v) is 4.08. The molecule has 9 heteroatoms. The second kappa shape index (κ2) is 10.0. The molecule has 2 N–H and O–H groups in total. The summed E-state index contributed by atoms with van der Waals surface area (Å²) in [7, 11) is -3.86. The summed E-state index contributed by atoms with van der Waals surface area (Å²) >= 11 is 0. The highest BCUT2D eigenvalue weighted by atomic mass is 32.2. The zero-order valence-electron chi connectivity index (χ0n) is 17.6. The number of ether oxygens (including phenoxy) is 1. The number of amides is 2. The van der Waals surface area contributed by atoms with Crippen molar-refractivity contribution in [3.8, 4) is 0 Å². The molecule has 1 fully saturated rings. The Bertz CT molecular complexity index is 1010. The third-order valence-corrected chi connectivity index (χ3v) is 6.38. The molecule has 0 saturated carbocycles. The first-order chi connectivity index (χ1) is 14.8. The van der Waals surface area contributed by atoms with Crippen molar-refractivity contribution in [1.82, 2.24) is 9.62 Å². The Labute approximate surface area is 182 Å². The quantitative estimate of drug-likeness (QED) is 0.680. The number of nitrogens with one attached hydrogen (secondary N) is 2. The second-order valence-corrected chi connectivity index (χ2v) is 9.37. The molecule has 1 saturated heterocycles. The van der Waals surface area contributed by atoms with Gasteiger partial charge in [0.15, 0.2) is 0 Å². The topological polar surface area (TPSA) is 105 Å². The van der Waals surface area contributed by atoms with E-state index in [4.69, 9.17) is 4.74 Å². The third kappa shape index (κ3) is 6.13. The standard InChI is InChI=1S/C22H27N3O5S/c1-16(2)22(27)24-18-8-10-19(11-9-18)31(28,29)23-14-21(26)25-12-13-30-20(15-25)17-6-4-3-5-7-17/h3-11,16,20,23H,12-15H2,1-2H3,(H,24,27)/t20-/m0/s1. The van der Waals surface area contributed by atoms with E-state index in [9.17, 15) is 18.0 Å². The van der Waals surface area contributed by atoms with Crippen LogP contribution in [0.4, 0.5) is 5.69 Å². The summed E-state index contributed by atoms with van der Waals surface area (Å²) in [6.07, 6.45) is -0.232. The zero-order chi connectivity index (χ0) is 22.4. The van der Waals surface area contributed by atoms with Gasteiger partial charge in [-0.15, -0.1) is 0 Å². The van der Waals surface area contributed by atoms with Crippen molar-refractivity contribution >= 4 is 27.5 Å². The Kier molecular flexibility index (Phi) is 7.42. The molecular formula is C22H27N3O5S. The van der Waals surface area contributed by atoms with Crippen molar-refractivity contribution in [2.45, 2.75) is 24.8 Å². The number of benzene rings is 2. The van der Waals surface area contributed by atoms with E-state index in [-0.39, 0.29) is 35.3 Å². The van der Waals surface area contributed by atoms with Crippen LogP contribution in [0.5, 0.6) is 0 Å². The third-order valence-electron chi connectivity index (χ3n) is 4.96. The van der Waals surface area contributed by atoms with Crippen molar-refractivity contribution in [2.75, 3.05) is 31.6 Å². The first-order valence-electron chi connectivity index (χ1n) is 10.1. The van der Waals surface area contributed by atoms with Gasteiger partial charge >= 0.3 is 0 Å². The van der Waals surface area contributed by atoms with Crippen LogP contribution in [-0.2, 0) is 24.3 Å². The van der Waals surface area contributed by atoms with E-state index in [0.29, 0.717) is 25.4 Å². The van der Waals surface area contributed by atoms with Crippen LogP contribution in [0.25, 0.3) is 0 Å². The second-order valence-electron chi connectivity index (χ2n) is 7.60. The molecule has 0 bridgehead atoms. The van der Waals surface area contributed by atoms with Gasteiger partial charge < -0.3 is 15.0 Å². The Morgan fingerprint density at radius 2 is 1.77 bits per heavy atom. The number of rotatable bonds is 7. The van der Waals surface area contributed by atoms with E-state index in [1.165, 1.54) is 24.3 Å². The predicted octanol–water partition coefficient (Wildman–Crippen LogP) is 2.16. The molecule has 2 amide bonds. The first-order valence-corrected chi connectivity index (χ1v) is 11.6. The van der Waals surface area contributed by atoms with Gasteiger partial charge in [-0.25, -0.2) is 13.1 Å². The molecule has 8 nitrogen and oxygen atoms in total. The largest absolute Gasteiger partial charge is 0.370 e. The molecule has 0 unspecified atom stereocenters. The van der Waals surface area contributed by atoms with Gasteiger partial charge in [-0.2, -0.15) is 0 Å². The van der Waals surface area contributed by atoms with Gasteiger partial charge in [-0.05, 0) is 29.8 Å². The van der Waals surface area contributed by atoms with Crippen LogP contribution in [0.1, 0.15) is 25.5 Å². The highest BCUT2D eigenvalue weighted by molar-refractivity contribution is 7.89. The Morgan fingerprint density at radius 1 is 1.10 bits per heavy atom. The smallest absolute Gasteiger partial charge is 0.241 e. The van der Waals surface area contributed by atoms with Gasteiger partial charge in [0, 0.05) is 18.2 Å². The zero-order valence-corrected chi connectivity index (χ0v) is 18.4. The number of sulfonamides is 1. The van der Waals surface area contributed by atoms with Crippen molar-refractivity contribution in [2.24, 2.45) is 5.92 Å². The number of hydrogen-bond donors (Lipinski definition) is 2. The van der Waals surface area contributed by atoms with E-state index in [0.717, 1.165) is 5.56 Å². The van der Waals surface area contributed by atoms with Crippen LogP contribution in [0, 0.1) is 5.92 Å². The monoisotopic (exact) mass is 445 g/mol. The average molecular weight is 446 g/mol. The highest BCUT2D eigenvalue weighted by Crippen LogP contribution is 2.22. The lowest BCUT2D eigenvalue weighted by atomic mass is 10.1. The summed E-state index contributed by atoms with van der Waals surface area (Å²) in [6, 6.07) is 15.4. The molecule has 2 aromatic carbocycles. The number of carbonyl (C=O) groups is 2. The van der Waals surface area contributed by atoms with Crippen LogP contribution in [0.15, 0.2) is 59.5 Å². The fraction of sp³-hybridized carbons (Fsp3) is 0.364. The molecule has 166 valence electrons. The molecule has 31 heavy (non-hydrogen) atoms. The lowest BCUT2D eigenvalue weighted by Gasteiger charge is -2.33. The van der Waals surface area contributed by atoms with Gasteiger partial charge in [0.25, 0.3) is 0 Å². The van der Waals surface area contributed by atoms with E-state index in [2.05, 4.69) is 10.0 Å². The summed E-state index contributed by atoms with van der Waals surface area (Å²) in [4.78, 5) is 26.0. The minimum absolute atomic E-state index is 0.0204. The fourth-order valence-electron chi connectivity index (χ4n) is 3.10. The van der Waals surface area contributed by atoms with Crippen molar-refractivity contribution in [3.63, 3.8) is 0 Å². The lowest BCUT2D eigenvalue weighted by molar-refractivity contribution is -0.137. The Balaban J connectivity index is 1.57. The van der Waals surface area contributed by atoms with Gasteiger partial charge in [0.1, 0.15) is 6.10 Å². The van der Waals surface area contributed by atoms with Crippen molar-refractivity contribution < 1.29 is 22.7 Å². The van der Waals surface area contributed by atoms with Crippen LogP contribution >= 0.6 is 0 Å². The van der Waals surface area contributed by atoms with Crippen LogP contribution < -0.4 is 10.0 Å². The van der Waals surface area contributed by atoms with Gasteiger partial charge in [-0.1, -0.05) is 44.2 Å². The van der Waals surface area contributed by atoms with Crippen molar-refractivity contribution in [3.05, 3.63) is 60.2 Å². The lowest BCUT2D eigenvalue weighted by Crippen LogP contribution is -2.46. The van der Waals surface area contributed by atoms with E-state index < -0.39 is 10.0 Å². The minimum Gasteiger partial charge on any atom is -0.370 e. The van der Waals surface area contributed by atoms with Gasteiger partial charge in [0.05, 0.1) is 24.6 Å². The van der Waals surface area contributed by atoms with E-state index >= 15 is 0 Å². The molecule has 1 aliphatic heterocycles. The maximum Gasteiger partial charge on any atom is 0.241 e. The van der Waals surface area contributed by atoms with Crippen LogP contribution in [0.3, 0.4) is 0 Å². The molecule has 1 atom stereocenters. The number of carbonyl (C=O) groups excluding carboxylic acids is 2. The summed E-state index contributed by atoms with van der Waals surface area (Å²) in [5, 5.41) is 2.70. The maximum atomic E-state index is 12.6. The molecule has 1 aliphatic rings. The normalized spacial score (nSPS) is 16.9. The van der Waals surface area contributed by atoms with Gasteiger partial charge in [0.2, 0.25) is 21.8 Å². The molecule has 1 heterocycles. The number of anilines is 1. The Morgan fingerprint density at radius 3 is 2.42 bits per heavy atom. The summed E-state index contributed by atoms with van der Waals surface area (Å²) in [6.45, 7) is 4.37.